The second-order valence-corrected chi connectivity index (χ2v) is 5.21. The molecule has 4 rings (SSSR count). The van der Waals surface area contributed by atoms with Gasteiger partial charge in [-0.1, -0.05) is 41.6 Å². The molecule has 2 aromatic heterocycles. The largest absolute Gasteiger partial charge is 0.451 e. The highest BCUT2D eigenvalue weighted by Gasteiger charge is 2.14. The molecule has 0 bridgehead atoms. The van der Waals surface area contributed by atoms with E-state index < -0.39 is 0 Å². The molecule has 4 aromatic rings. The lowest BCUT2D eigenvalue weighted by Crippen LogP contribution is -2.22. The maximum atomic E-state index is 12.2. The Morgan fingerprint density at radius 2 is 1.83 bits per heavy atom. The molecular weight excluding hydrogens is 306 g/mol. The lowest BCUT2D eigenvalue weighted by molar-refractivity contribution is 0.0924. The lowest BCUT2D eigenvalue weighted by Gasteiger charge is -1.98. The van der Waals surface area contributed by atoms with E-state index in [4.69, 9.17) is 8.94 Å². The Hall–Kier alpha value is -3.41. The Morgan fingerprint density at radius 3 is 2.67 bits per heavy atom. The molecule has 0 radical (unpaired) electrons. The monoisotopic (exact) mass is 319 g/mol. The van der Waals surface area contributed by atoms with Crippen molar-refractivity contribution in [3.05, 3.63) is 72.2 Å². The average Bonchev–Trinajstić information content (AvgIpc) is 3.27. The van der Waals surface area contributed by atoms with E-state index in [9.17, 15) is 4.79 Å². The van der Waals surface area contributed by atoms with Crippen LogP contribution in [0.5, 0.6) is 0 Å². The zero-order valence-electron chi connectivity index (χ0n) is 12.6. The van der Waals surface area contributed by atoms with Crippen LogP contribution < -0.4 is 5.32 Å². The van der Waals surface area contributed by atoms with Gasteiger partial charge in [0.25, 0.3) is 11.8 Å². The quantitative estimate of drug-likeness (QED) is 0.623. The predicted molar refractivity (Wildman–Crippen MR) is 87.1 cm³/mol. The molecule has 0 aliphatic carbocycles. The van der Waals surface area contributed by atoms with Gasteiger partial charge in [-0.05, 0) is 24.3 Å². The van der Waals surface area contributed by atoms with Crippen LogP contribution in [0.2, 0.25) is 0 Å². The summed E-state index contributed by atoms with van der Waals surface area (Å²) in [7, 11) is 0. The second kappa shape index (κ2) is 6.00. The van der Waals surface area contributed by atoms with Gasteiger partial charge in [0.1, 0.15) is 5.58 Å². The molecule has 2 aromatic carbocycles. The second-order valence-electron chi connectivity index (χ2n) is 5.21. The number of carbonyl (C=O) groups excluding carboxylic acids is 1. The van der Waals surface area contributed by atoms with Crippen molar-refractivity contribution in [2.24, 2.45) is 0 Å². The summed E-state index contributed by atoms with van der Waals surface area (Å²) in [6.45, 7) is 0.159. The van der Waals surface area contributed by atoms with Crippen molar-refractivity contribution in [3.8, 4) is 11.5 Å². The molecule has 0 atom stereocenters. The molecule has 0 aliphatic heterocycles. The minimum atomic E-state index is -0.322. The zero-order chi connectivity index (χ0) is 16.4. The third-order valence-corrected chi connectivity index (χ3v) is 3.55. The van der Waals surface area contributed by atoms with Crippen LogP contribution in [0.25, 0.3) is 22.4 Å². The number of hydrogen-bond acceptors (Lipinski definition) is 5. The van der Waals surface area contributed by atoms with Crippen molar-refractivity contribution >= 4 is 16.9 Å². The van der Waals surface area contributed by atoms with Crippen LogP contribution in [0.1, 0.15) is 16.4 Å². The van der Waals surface area contributed by atoms with Gasteiger partial charge in [0.2, 0.25) is 0 Å². The number of nitrogens with one attached hydrogen (secondary N) is 1. The van der Waals surface area contributed by atoms with Gasteiger partial charge in [-0.2, -0.15) is 4.98 Å². The van der Waals surface area contributed by atoms with Crippen LogP contribution in [0.3, 0.4) is 0 Å². The van der Waals surface area contributed by atoms with Crippen LogP contribution in [0.4, 0.5) is 0 Å². The highest BCUT2D eigenvalue weighted by Crippen LogP contribution is 2.19. The Balaban J connectivity index is 1.45. The number of carbonyl (C=O) groups is 1. The Kier molecular flexibility index (Phi) is 3.55. The molecule has 0 spiro atoms. The summed E-state index contributed by atoms with van der Waals surface area (Å²) in [6, 6.07) is 18.6. The van der Waals surface area contributed by atoms with E-state index in [1.807, 2.05) is 54.6 Å². The van der Waals surface area contributed by atoms with E-state index in [0.717, 1.165) is 10.9 Å². The SMILES string of the molecule is O=C(NCc1noc(-c2ccccc2)n1)c1cc2ccccc2o1. The summed E-state index contributed by atoms with van der Waals surface area (Å²) in [6.07, 6.45) is 0. The Bertz CT molecular complexity index is 956. The summed E-state index contributed by atoms with van der Waals surface area (Å²) < 4.78 is 10.7. The highest BCUT2D eigenvalue weighted by atomic mass is 16.5. The Labute approximate surface area is 137 Å². The molecule has 0 saturated carbocycles. The van der Waals surface area contributed by atoms with Crippen molar-refractivity contribution in [3.63, 3.8) is 0 Å². The molecule has 6 heteroatoms. The van der Waals surface area contributed by atoms with Crippen molar-refractivity contribution < 1.29 is 13.7 Å². The van der Waals surface area contributed by atoms with Gasteiger partial charge in [-0.25, -0.2) is 0 Å². The Morgan fingerprint density at radius 1 is 1.04 bits per heavy atom. The molecule has 0 fully saturated rings. The molecule has 2 heterocycles. The topological polar surface area (TPSA) is 81.2 Å². The average molecular weight is 319 g/mol. The first-order chi connectivity index (χ1) is 11.8. The number of hydrogen-bond donors (Lipinski definition) is 1. The molecular formula is C18H13N3O3. The number of aromatic nitrogens is 2. The molecule has 0 aliphatic rings. The maximum absolute atomic E-state index is 12.2. The van der Waals surface area contributed by atoms with Crippen LogP contribution in [-0.4, -0.2) is 16.0 Å². The van der Waals surface area contributed by atoms with E-state index >= 15 is 0 Å². The first-order valence-corrected chi connectivity index (χ1v) is 7.44. The molecule has 6 nitrogen and oxygen atoms in total. The third-order valence-electron chi connectivity index (χ3n) is 3.55. The molecule has 1 N–H and O–H groups in total. The van der Waals surface area contributed by atoms with Crippen LogP contribution in [0.15, 0.2) is 69.6 Å². The fourth-order valence-electron chi connectivity index (χ4n) is 2.36. The molecule has 0 unspecified atom stereocenters. The molecule has 24 heavy (non-hydrogen) atoms. The number of rotatable bonds is 4. The standard InChI is InChI=1S/C18H13N3O3/c22-17(15-10-13-8-4-5-9-14(13)23-15)19-11-16-20-18(24-21-16)12-6-2-1-3-7-12/h1-10H,11H2,(H,19,22). The predicted octanol–water partition coefficient (Wildman–Crippen LogP) is 3.41. The smallest absolute Gasteiger partial charge is 0.287 e. The number of para-hydroxylation sites is 1. The van der Waals surface area contributed by atoms with Gasteiger partial charge in [0.05, 0.1) is 6.54 Å². The van der Waals surface area contributed by atoms with Gasteiger partial charge in [-0.15, -0.1) is 0 Å². The summed E-state index contributed by atoms with van der Waals surface area (Å²) >= 11 is 0. The van der Waals surface area contributed by atoms with Gasteiger partial charge in [0.15, 0.2) is 11.6 Å². The van der Waals surface area contributed by atoms with Crippen molar-refractivity contribution in [1.29, 1.82) is 0 Å². The first-order valence-electron chi connectivity index (χ1n) is 7.44. The van der Waals surface area contributed by atoms with E-state index in [1.54, 1.807) is 6.07 Å². The van der Waals surface area contributed by atoms with E-state index in [2.05, 4.69) is 15.5 Å². The fraction of sp³-hybridized carbons (Fsp3) is 0.0556. The van der Waals surface area contributed by atoms with Crippen molar-refractivity contribution in [2.75, 3.05) is 0 Å². The number of benzene rings is 2. The highest BCUT2D eigenvalue weighted by molar-refractivity contribution is 5.95. The third kappa shape index (κ3) is 2.77. The van der Waals surface area contributed by atoms with Gasteiger partial charge in [0, 0.05) is 10.9 Å². The van der Waals surface area contributed by atoms with E-state index in [-0.39, 0.29) is 18.2 Å². The summed E-state index contributed by atoms with van der Waals surface area (Å²) in [4.78, 5) is 16.4. The number of nitrogens with zero attached hydrogens (tertiary/aromatic N) is 2. The van der Waals surface area contributed by atoms with Crippen LogP contribution in [-0.2, 0) is 6.54 Å². The van der Waals surface area contributed by atoms with Crippen LogP contribution in [0, 0.1) is 0 Å². The zero-order valence-corrected chi connectivity index (χ0v) is 12.6. The molecule has 1 amide bonds. The lowest BCUT2D eigenvalue weighted by atomic mass is 10.2. The minimum Gasteiger partial charge on any atom is -0.451 e. The molecule has 0 saturated heterocycles. The maximum Gasteiger partial charge on any atom is 0.287 e. The summed E-state index contributed by atoms with van der Waals surface area (Å²) in [5.74, 6) is 0.752. The molecule has 118 valence electrons. The summed E-state index contributed by atoms with van der Waals surface area (Å²) in [5, 5.41) is 7.48. The number of amides is 1. The fourth-order valence-corrected chi connectivity index (χ4v) is 2.36. The minimum absolute atomic E-state index is 0.159. The number of fused-ring (bicyclic) bond motifs is 1. The van der Waals surface area contributed by atoms with Crippen molar-refractivity contribution in [2.45, 2.75) is 6.54 Å². The number of furan rings is 1. The van der Waals surface area contributed by atoms with Crippen molar-refractivity contribution in [1.82, 2.24) is 15.5 Å². The van der Waals surface area contributed by atoms with E-state index in [0.29, 0.717) is 17.3 Å². The van der Waals surface area contributed by atoms with Gasteiger partial charge in [-0.3, -0.25) is 4.79 Å². The first kappa shape index (κ1) is 14.2. The van der Waals surface area contributed by atoms with E-state index in [1.165, 1.54) is 0 Å². The normalized spacial score (nSPS) is 10.8. The van der Waals surface area contributed by atoms with Crippen LogP contribution >= 0.6 is 0 Å². The summed E-state index contributed by atoms with van der Waals surface area (Å²) in [5.41, 5.74) is 1.51. The van der Waals surface area contributed by atoms with Gasteiger partial charge < -0.3 is 14.3 Å². The van der Waals surface area contributed by atoms with Gasteiger partial charge >= 0.3 is 0 Å².